The first-order valence-corrected chi connectivity index (χ1v) is 9.26. The first kappa shape index (κ1) is 18.1. The molecular formula is C19H13Cl2FN4S. The normalized spacial score (nSPS) is 16.6. The highest BCUT2D eigenvalue weighted by Crippen LogP contribution is 2.37. The van der Waals surface area contributed by atoms with Crippen LogP contribution in [0.25, 0.3) is 10.9 Å². The van der Waals surface area contributed by atoms with Crippen molar-refractivity contribution in [2.24, 2.45) is 10.8 Å². The van der Waals surface area contributed by atoms with Crippen LogP contribution >= 0.6 is 35.4 Å². The number of benzene rings is 2. The molecular weight excluding hydrogens is 406 g/mol. The maximum atomic E-state index is 13.6. The van der Waals surface area contributed by atoms with E-state index in [1.165, 1.54) is 12.1 Å². The van der Waals surface area contributed by atoms with Gasteiger partial charge in [-0.2, -0.15) is 5.10 Å². The lowest BCUT2D eigenvalue weighted by atomic mass is 9.98. The third-order valence-corrected chi connectivity index (χ3v) is 5.17. The van der Waals surface area contributed by atoms with E-state index >= 15 is 0 Å². The average Bonchev–Trinajstić information content (AvgIpc) is 3.07. The summed E-state index contributed by atoms with van der Waals surface area (Å²) in [6.45, 7) is 0. The number of pyridine rings is 1. The van der Waals surface area contributed by atoms with Crippen molar-refractivity contribution in [2.75, 3.05) is 0 Å². The zero-order chi connectivity index (χ0) is 19.1. The van der Waals surface area contributed by atoms with Crippen LogP contribution in [0.3, 0.4) is 0 Å². The molecule has 0 saturated heterocycles. The Morgan fingerprint density at radius 2 is 1.89 bits per heavy atom. The van der Waals surface area contributed by atoms with Gasteiger partial charge in [-0.3, -0.25) is 0 Å². The van der Waals surface area contributed by atoms with Crippen LogP contribution in [0.1, 0.15) is 23.6 Å². The van der Waals surface area contributed by atoms with Gasteiger partial charge in [0.25, 0.3) is 0 Å². The molecule has 4 nitrogen and oxygen atoms in total. The van der Waals surface area contributed by atoms with Gasteiger partial charge in [0.05, 0.1) is 17.3 Å². The van der Waals surface area contributed by atoms with Crippen molar-refractivity contribution in [3.05, 3.63) is 75.7 Å². The molecule has 1 aromatic heterocycles. The number of fused-ring (bicyclic) bond motifs is 1. The van der Waals surface area contributed by atoms with Gasteiger partial charge in [-0.25, -0.2) is 14.4 Å². The molecule has 0 saturated carbocycles. The third-order valence-electron chi connectivity index (χ3n) is 4.43. The minimum Gasteiger partial charge on any atom is -0.375 e. The standard InChI is InChI=1S/C19H13Cl2FN4S/c20-12-3-1-10(2-4-12)16-9-17(26(25-16)19(23)27)14-8-11-7-13(22)5-6-15(11)24-18(14)21/h1-8,17H,9H2,(H2,23,27). The highest BCUT2D eigenvalue weighted by molar-refractivity contribution is 7.80. The number of hydrogen-bond acceptors (Lipinski definition) is 3. The zero-order valence-corrected chi connectivity index (χ0v) is 16.2. The highest BCUT2D eigenvalue weighted by atomic mass is 35.5. The fraction of sp³-hybridized carbons (Fsp3) is 0.105. The van der Waals surface area contributed by atoms with Gasteiger partial charge in [-0.15, -0.1) is 0 Å². The maximum absolute atomic E-state index is 13.6. The second-order valence-corrected chi connectivity index (χ2v) is 7.37. The lowest BCUT2D eigenvalue weighted by Crippen LogP contribution is -2.31. The first-order valence-electron chi connectivity index (χ1n) is 8.10. The predicted octanol–water partition coefficient (Wildman–Crippen LogP) is 5.08. The molecule has 0 fully saturated rings. The highest BCUT2D eigenvalue weighted by Gasteiger charge is 2.32. The molecule has 0 bridgehead atoms. The molecule has 27 heavy (non-hydrogen) atoms. The van der Waals surface area contributed by atoms with Gasteiger partial charge in [0.2, 0.25) is 0 Å². The summed E-state index contributed by atoms with van der Waals surface area (Å²) < 4.78 is 13.6. The van der Waals surface area contributed by atoms with Gasteiger partial charge in [0.15, 0.2) is 5.11 Å². The molecule has 4 rings (SSSR count). The summed E-state index contributed by atoms with van der Waals surface area (Å²) in [6, 6.07) is 13.2. The van der Waals surface area contributed by atoms with Gasteiger partial charge in [0.1, 0.15) is 11.0 Å². The summed E-state index contributed by atoms with van der Waals surface area (Å²) in [4.78, 5) is 4.38. The van der Waals surface area contributed by atoms with E-state index in [0.29, 0.717) is 33.1 Å². The smallest absolute Gasteiger partial charge is 0.187 e. The molecule has 0 spiro atoms. The van der Waals surface area contributed by atoms with Gasteiger partial charge < -0.3 is 5.73 Å². The number of hydrazone groups is 1. The lowest BCUT2D eigenvalue weighted by molar-refractivity contribution is 0.372. The molecule has 136 valence electrons. The largest absolute Gasteiger partial charge is 0.375 e. The second-order valence-electron chi connectivity index (χ2n) is 6.16. The quantitative estimate of drug-likeness (QED) is 0.465. The fourth-order valence-electron chi connectivity index (χ4n) is 3.15. The Morgan fingerprint density at radius 1 is 1.15 bits per heavy atom. The molecule has 2 aromatic carbocycles. The molecule has 0 amide bonds. The van der Waals surface area contributed by atoms with Crippen LogP contribution in [0.4, 0.5) is 4.39 Å². The lowest BCUT2D eigenvalue weighted by Gasteiger charge is -2.22. The maximum Gasteiger partial charge on any atom is 0.187 e. The van der Waals surface area contributed by atoms with Crippen molar-refractivity contribution in [1.82, 2.24) is 9.99 Å². The molecule has 0 radical (unpaired) electrons. The fourth-order valence-corrected chi connectivity index (χ4v) is 3.71. The van der Waals surface area contributed by atoms with Crippen LogP contribution in [0.5, 0.6) is 0 Å². The van der Waals surface area contributed by atoms with E-state index in [0.717, 1.165) is 11.3 Å². The van der Waals surface area contributed by atoms with E-state index < -0.39 is 0 Å². The van der Waals surface area contributed by atoms with Crippen LogP contribution in [-0.4, -0.2) is 20.8 Å². The molecule has 3 aromatic rings. The summed E-state index contributed by atoms with van der Waals surface area (Å²) in [5.74, 6) is -0.340. The van der Waals surface area contributed by atoms with E-state index in [9.17, 15) is 4.39 Å². The van der Waals surface area contributed by atoms with Gasteiger partial charge in [-0.1, -0.05) is 35.3 Å². The molecule has 0 aliphatic carbocycles. The monoisotopic (exact) mass is 418 g/mol. The third kappa shape index (κ3) is 3.48. The molecule has 2 heterocycles. The molecule has 1 atom stereocenters. The van der Waals surface area contributed by atoms with Crippen molar-refractivity contribution in [1.29, 1.82) is 0 Å². The summed E-state index contributed by atoms with van der Waals surface area (Å²) in [5, 5.41) is 7.84. The molecule has 1 unspecified atom stereocenters. The van der Waals surface area contributed by atoms with E-state index in [1.807, 2.05) is 18.2 Å². The van der Waals surface area contributed by atoms with Crippen molar-refractivity contribution in [3.8, 4) is 0 Å². The molecule has 1 aliphatic heterocycles. The predicted molar refractivity (Wildman–Crippen MR) is 111 cm³/mol. The molecule has 2 N–H and O–H groups in total. The summed E-state index contributed by atoms with van der Waals surface area (Å²) in [7, 11) is 0. The van der Waals surface area contributed by atoms with Crippen LogP contribution in [0.2, 0.25) is 10.2 Å². The Bertz CT molecular complexity index is 1090. The summed E-state index contributed by atoms with van der Waals surface area (Å²) >= 11 is 17.6. The Morgan fingerprint density at radius 3 is 2.59 bits per heavy atom. The van der Waals surface area contributed by atoms with Crippen LogP contribution in [-0.2, 0) is 0 Å². The Kier molecular flexibility index (Phi) is 4.72. The first-order chi connectivity index (χ1) is 12.9. The van der Waals surface area contributed by atoms with Gasteiger partial charge in [-0.05, 0) is 54.2 Å². The van der Waals surface area contributed by atoms with Crippen molar-refractivity contribution >= 4 is 57.1 Å². The van der Waals surface area contributed by atoms with Gasteiger partial charge in [0, 0.05) is 22.4 Å². The molecule has 1 aliphatic rings. The Hall–Kier alpha value is -2.28. The van der Waals surface area contributed by atoms with E-state index in [2.05, 4.69) is 10.1 Å². The van der Waals surface area contributed by atoms with E-state index in [1.54, 1.807) is 23.2 Å². The Balaban J connectivity index is 1.77. The number of thiocarbonyl (C=S) groups is 1. The minimum absolute atomic E-state index is 0.124. The number of halogens is 3. The van der Waals surface area contributed by atoms with Crippen LogP contribution in [0.15, 0.2) is 53.6 Å². The number of nitrogens with two attached hydrogens (primary N) is 1. The number of aromatic nitrogens is 1. The number of hydrogen-bond donors (Lipinski definition) is 1. The number of rotatable bonds is 2. The topological polar surface area (TPSA) is 54.5 Å². The van der Waals surface area contributed by atoms with E-state index in [4.69, 9.17) is 41.2 Å². The Labute approximate surface area is 170 Å². The SMILES string of the molecule is NC(=S)N1N=C(c2ccc(Cl)cc2)CC1c1cc2cc(F)ccc2nc1Cl. The average molecular weight is 419 g/mol. The van der Waals surface area contributed by atoms with Crippen molar-refractivity contribution < 1.29 is 4.39 Å². The molecule has 8 heteroatoms. The van der Waals surface area contributed by atoms with Gasteiger partial charge >= 0.3 is 0 Å². The van der Waals surface area contributed by atoms with Crippen LogP contribution in [0, 0.1) is 5.82 Å². The van der Waals surface area contributed by atoms with Crippen molar-refractivity contribution in [3.63, 3.8) is 0 Å². The van der Waals surface area contributed by atoms with Crippen molar-refractivity contribution in [2.45, 2.75) is 12.5 Å². The zero-order valence-electron chi connectivity index (χ0n) is 13.9. The second kappa shape index (κ2) is 7.03. The number of nitrogens with zero attached hydrogens (tertiary/aromatic N) is 3. The summed E-state index contributed by atoms with van der Waals surface area (Å²) in [6.07, 6.45) is 0.529. The van der Waals surface area contributed by atoms with E-state index in [-0.39, 0.29) is 17.0 Å². The van der Waals surface area contributed by atoms with Crippen LogP contribution < -0.4 is 5.73 Å². The summed E-state index contributed by atoms with van der Waals surface area (Å²) in [5.41, 5.74) is 8.91. The minimum atomic E-state index is -0.340.